The molecule has 0 spiro atoms. The highest BCUT2D eigenvalue weighted by molar-refractivity contribution is 5.92. The number of aryl methyl sites for hydroxylation is 1. The first kappa shape index (κ1) is 20.6. The summed E-state index contributed by atoms with van der Waals surface area (Å²) in [6, 6.07) is 14.9. The molecule has 0 aliphatic heterocycles. The summed E-state index contributed by atoms with van der Waals surface area (Å²) in [5, 5.41) is 2.78. The van der Waals surface area contributed by atoms with Crippen LogP contribution in [0.15, 0.2) is 48.5 Å². The highest BCUT2D eigenvalue weighted by Gasteiger charge is 2.18. The number of ether oxygens (including phenoxy) is 2. The van der Waals surface area contributed by atoms with Crippen molar-refractivity contribution >= 4 is 11.9 Å². The van der Waals surface area contributed by atoms with Crippen LogP contribution in [0.4, 0.5) is 0 Å². The monoisotopic (exact) mass is 369 g/mol. The lowest BCUT2D eigenvalue weighted by Gasteiger charge is -2.14. The molecule has 2 aromatic carbocycles. The van der Waals surface area contributed by atoms with E-state index in [2.05, 4.69) is 5.32 Å². The number of hydrogen-bond acceptors (Lipinski definition) is 4. The van der Waals surface area contributed by atoms with Gasteiger partial charge in [0.15, 0.2) is 6.10 Å². The molecular weight excluding hydrogens is 342 g/mol. The van der Waals surface area contributed by atoms with Crippen LogP contribution in [0.5, 0.6) is 0 Å². The first-order chi connectivity index (χ1) is 12.8. The molecule has 2 aromatic rings. The van der Waals surface area contributed by atoms with Crippen LogP contribution in [0.25, 0.3) is 0 Å². The van der Waals surface area contributed by atoms with E-state index in [1.54, 1.807) is 19.1 Å². The second-order valence-electron chi connectivity index (χ2n) is 6.81. The van der Waals surface area contributed by atoms with Crippen molar-refractivity contribution in [3.63, 3.8) is 0 Å². The molecule has 5 nitrogen and oxygen atoms in total. The van der Waals surface area contributed by atoms with Gasteiger partial charge in [0.05, 0.1) is 18.3 Å². The summed E-state index contributed by atoms with van der Waals surface area (Å²) in [4.78, 5) is 24.4. The standard InChI is InChI=1S/C22H27NO4/c1-15(2)26-14-19-9-11-20(12-10-19)22(25)27-17(4)21(24)23-13-18-7-5-16(3)6-8-18/h5-12,15,17H,13-14H2,1-4H3,(H,23,24)/t17-/m1/s1. The van der Waals surface area contributed by atoms with Gasteiger partial charge in [0, 0.05) is 6.54 Å². The van der Waals surface area contributed by atoms with Crippen molar-refractivity contribution in [1.29, 1.82) is 0 Å². The summed E-state index contributed by atoms with van der Waals surface area (Å²) >= 11 is 0. The number of carbonyl (C=O) groups excluding carboxylic acids is 2. The molecule has 1 amide bonds. The van der Waals surface area contributed by atoms with E-state index >= 15 is 0 Å². The molecule has 0 aliphatic rings. The van der Waals surface area contributed by atoms with Crippen molar-refractivity contribution in [3.05, 3.63) is 70.8 Å². The van der Waals surface area contributed by atoms with E-state index in [1.807, 2.05) is 57.2 Å². The summed E-state index contributed by atoms with van der Waals surface area (Å²) < 4.78 is 10.8. The molecule has 2 rings (SSSR count). The van der Waals surface area contributed by atoms with Gasteiger partial charge >= 0.3 is 5.97 Å². The van der Waals surface area contributed by atoms with E-state index in [1.165, 1.54) is 0 Å². The van der Waals surface area contributed by atoms with E-state index in [-0.39, 0.29) is 12.0 Å². The van der Waals surface area contributed by atoms with Gasteiger partial charge < -0.3 is 14.8 Å². The Morgan fingerprint density at radius 3 is 2.11 bits per heavy atom. The lowest BCUT2D eigenvalue weighted by Crippen LogP contribution is -2.35. The smallest absolute Gasteiger partial charge is 0.338 e. The van der Waals surface area contributed by atoms with Gasteiger partial charge in [-0.3, -0.25) is 4.79 Å². The molecule has 5 heteroatoms. The number of carbonyl (C=O) groups is 2. The molecular formula is C22H27NO4. The average Bonchev–Trinajstić information content (AvgIpc) is 2.65. The average molecular weight is 369 g/mol. The Kier molecular flexibility index (Phi) is 7.55. The van der Waals surface area contributed by atoms with E-state index in [9.17, 15) is 9.59 Å². The summed E-state index contributed by atoms with van der Waals surface area (Å²) in [6.45, 7) is 8.39. The van der Waals surface area contributed by atoms with Crippen LogP contribution in [0.1, 0.15) is 47.8 Å². The Balaban J connectivity index is 1.83. The van der Waals surface area contributed by atoms with Gasteiger partial charge in [-0.1, -0.05) is 42.0 Å². The highest BCUT2D eigenvalue weighted by atomic mass is 16.5. The van der Waals surface area contributed by atoms with Crippen molar-refractivity contribution in [2.45, 2.75) is 53.1 Å². The van der Waals surface area contributed by atoms with Gasteiger partial charge in [-0.25, -0.2) is 4.79 Å². The molecule has 0 aromatic heterocycles. The molecule has 144 valence electrons. The molecule has 1 N–H and O–H groups in total. The number of amides is 1. The first-order valence-electron chi connectivity index (χ1n) is 9.10. The SMILES string of the molecule is Cc1ccc(CNC(=O)[C@@H](C)OC(=O)c2ccc(COC(C)C)cc2)cc1. The van der Waals surface area contributed by atoms with Crippen LogP contribution >= 0.6 is 0 Å². The van der Waals surface area contributed by atoms with Crippen LogP contribution in [0.2, 0.25) is 0 Å². The lowest BCUT2D eigenvalue weighted by atomic mass is 10.1. The molecule has 0 aliphatic carbocycles. The van der Waals surface area contributed by atoms with Gasteiger partial charge in [0.25, 0.3) is 5.91 Å². The highest BCUT2D eigenvalue weighted by Crippen LogP contribution is 2.10. The van der Waals surface area contributed by atoms with Gasteiger partial charge in [-0.2, -0.15) is 0 Å². The van der Waals surface area contributed by atoms with Crippen LogP contribution in [0, 0.1) is 6.92 Å². The number of rotatable bonds is 8. The van der Waals surface area contributed by atoms with Crippen LogP contribution in [-0.4, -0.2) is 24.1 Å². The van der Waals surface area contributed by atoms with Crippen LogP contribution < -0.4 is 5.32 Å². The first-order valence-corrected chi connectivity index (χ1v) is 9.10. The largest absolute Gasteiger partial charge is 0.449 e. The van der Waals surface area contributed by atoms with Gasteiger partial charge in [-0.05, 0) is 51.0 Å². The van der Waals surface area contributed by atoms with E-state index in [0.29, 0.717) is 18.7 Å². The summed E-state index contributed by atoms with van der Waals surface area (Å²) in [6.07, 6.45) is -0.721. The Morgan fingerprint density at radius 1 is 0.926 bits per heavy atom. The Hall–Kier alpha value is -2.66. The normalized spacial score (nSPS) is 11.9. The fraction of sp³-hybridized carbons (Fsp3) is 0.364. The van der Waals surface area contributed by atoms with Crippen LogP contribution in [-0.2, 0) is 27.4 Å². The zero-order valence-corrected chi connectivity index (χ0v) is 16.3. The second-order valence-corrected chi connectivity index (χ2v) is 6.81. The molecule has 0 radical (unpaired) electrons. The number of benzene rings is 2. The van der Waals surface area contributed by atoms with Crippen molar-refractivity contribution in [2.75, 3.05) is 0 Å². The van der Waals surface area contributed by atoms with Crippen molar-refractivity contribution in [1.82, 2.24) is 5.32 Å². The molecule has 0 bridgehead atoms. The maximum absolute atomic E-state index is 12.2. The third-order valence-corrected chi connectivity index (χ3v) is 4.01. The maximum atomic E-state index is 12.2. The van der Waals surface area contributed by atoms with Crippen molar-refractivity contribution < 1.29 is 19.1 Å². The van der Waals surface area contributed by atoms with Gasteiger partial charge in [-0.15, -0.1) is 0 Å². The third-order valence-electron chi connectivity index (χ3n) is 4.01. The predicted octanol–water partition coefficient (Wildman–Crippen LogP) is 3.78. The topological polar surface area (TPSA) is 64.6 Å². The Bertz CT molecular complexity index is 751. The quantitative estimate of drug-likeness (QED) is 0.719. The zero-order chi connectivity index (χ0) is 19.8. The summed E-state index contributed by atoms with van der Waals surface area (Å²) in [5.41, 5.74) is 3.53. The second kappa shape index (κ2) is 9.88. The van der Waals surface area contributed by atoms with Gasteiger partial charge in [0.1, 0.15) is 0 Å². The van der Waals surface area contributed by atoms with Crippen molar-refractivity contribution in [2.24, 2.45) is 0 Å². The molecule has 1 atom stereocenters. The van der Waals surface area contributed by atoms with E-state index in [4.69, 9.17) is 9.47 Å². The van der Waals surface area contributed by atoms with E-state index < -0.39 is 12.1 Å². The minimum absolute atomic E-state index is 0.147. The predicted molar refractivity (Wildman–Crippen MR) is 104 cm³/mol. The minimum Gasteiger partial charge on any atom is -0.449 e. The molecule has 0 fully saturated rings. The Morgan fingerprint density at radius 2 is 1.52 bits per heavy atom. The number of nitrogens with one attached hydrogen (secondary N) is 1. The third kappa shape index (κ3) is 6.87. The van der Waals surface area contributed by atoms with E-state index in [0.717, 1.165) is 16.7 Å². The number of hydrogen-bond donors (Lipinski definition) is 1. The molecule has 27 heavy (non-hydrogen) atoms. The van der Waals surface area contributed by atoms with Gasteiger partial charge in [0.2, 0.25) is 0 Å². The molecule has 0 saturated heterocycles. The molecule has 0 saturated carbocycles. The fourth-order valence-electron chi connectivity index (χ4n) is 2.32. The Labute approximate surface area is 160 Å². The molecule has 0 heterocycles. The fourth-order valence-corrected chi connectivity index (χ4v) is 2.32. The lowest BCUT2D eigenvalue weighted by molar-refractivity contribution is -0.129. The maximum Gasteiger partial charge on any atom is 0.338 e. The summed E-state index contributed by atoms with van der Waals surface area (Å²) in [5.74, 6) is -0.852. The minimum atomic E-state index is -0.869. The summed E-state index contributed by atoms with van der Waals surface area (Å²) in [7, 11) is 0. The van der Waals surface area contributed by atoms with Crippen LogP contribution in [0.3, 0.4) is 0 Å². The molecule has 0 unspecified atom stereocenters. The van der Waals surface area contributed by atoms with Crippen molar-refractivity contribution in [3.8, 4) is 0 Å². The number of esters is 1. The zero-order valence-electron chi connectivity index (χ0n) is 16.3.